The lowest BCUT2D eigenvalue weighted by molar-refractivity contribution is 0.102. The maximum absolute atomic E-state index is 11.8. The summed E-state index contributed by atoms with van der Waals surface area (Å²) in [5.74, 6) is 0.830. The number of benzene rings is 1. The summed E-state index contributed by atoms with van der Waals surface area (Å²) < 4.78 is 5.63. The SMILES string of the molecule is CC(=O)c1sc(N2N=C(c3ccc(Cl)cc3)C[C@H]2c2ccco2)nc1C. The molecule has 0 N–H and O–H groups in total. The Balaban J connectivity index is 1.76. The monoisotopic (exact) mass is 385 g/mol. The Kier molecular flexibility index (Phi) is 4.38. The van der Waals surface area contributed by atoms with E-state index in [0.717, 1.165) is 22.7 Å². The fraction of sp³-hybridized carbons (Fsp3) is 0.211. The maximum atomic E-state index is 11.8. The molecule has 0 radical (unpaired) electrons. The molecule has 3 aromatic rings. The average molecular weight is 386 g/mol. The van der Waals surface area contributed by atoms with Crippen molar-refractivity contribution in [1.29, 1.82) is 0 Å². The van der Waals surface area contributed by atoms with E-state index < -0.39 is 0 Å². The van der Waals surface area contributed by atoms with Crippen molar-refractivity contribution in [3.05, 3.63) is 69.6 Å². The van der Waals surface area contributed by atoms with E-state index in [1.165, 1.54) is 11.3 Å². The van der Waals surface area contributed by atoms with Gasteiger partial charge in [-0.3, -0.25) is 4.79 Å². The number of ketones is 1. The van der Waals surface area contributed by atoms with Gasteiger partial charge in [0.25, 0.3) is 0 Å². The third kappa shape index (κ3) is 3.06. The highest BCUT2D eigenvalue weighted by Crippen LogP contribution is 2.39. The molecule has 1 aliphatic rings. The molecule has 3 heterocycles. The van der Waals surface area contributed by atoms with Crippen LogP contribution in [-0.4, -0.2) is 16.5 Å². The second-order valence-corrected chi connectivity index (χ2v) is 7.51. The third-order valence-electron chi connectivity index (χ3n) is 4.26. The van der Waals surface area contributed by atoms with Gasteiger partial charge in [-0.15, -0.1) is 0 Å². The summed E-state index contributed by atoms with van der Waals surface area (Å²) in [7, 11) is 0. The molecule has 132 valence electrons. The Morgan fingerprint density at radius 3 is 2.69 bits per heavy atom. The number of thiazole rings is 1. The standard InChI is InChI=1S/C19H16ClN3O2S/c1-11-18(12(2)24)26-19(21-11)23-16(17-4-3-9-25-17)10-15(22-23)13-5-7-14(20)8-6-13/h3-9,16H,10H2,1-2H3/t16-/m0/s1. The molecule has 1 aromatic carbocycles. The van der Waals surface area contributed by atoms with E-state index in [1.54, 1.807) is 13.2 Å². The van der Waals surface area contributed by atoms with Crippen LogP contribution >= 0.6 is 22.9 Å². The highest BCUT2D eigenvalue weighted by Gasteiger charge is 2.34. The number of hydrogen-bond donors (Lipinski definition) is 0. The van der Waals surface area contributed by atoms with Crippen molar-refractivity contribution in [2.45, 2.75) is 26.3 Å². The van der Waals surface area contributed by atoms with Crippen LogP contribution in [0.2, 0.25) is 5.02 Å². The molecule has 0 fully saturated rings. The van der Waals surface area contributed by atoms with Gasteiger partial charge >= 0.3 is 0 Å². The van der Waals surface area contributed by atoms with E-state index in [2.05, 4.69) is 4.98 Å². The number of Topliss-reactive ketones (excluding diaryl/α,β-unsaturated/α-hetero) is 1. The Morgan fingerprint density at radius 2 is 2.08 bits per heavy atom. The second kappa shape index (κ2) is 6.70. The van der Waals surface area contributed by atoms with Crippen molar-refractivity contribution in [1.82, 2.24) is 4.98 Å². The lowest BCUT2D eigenvalue weighted by Gasteiger charge is -2.18. The van der Waals surface area contributed by atoms with E-state index in [9.17, 15) is 4.79 Å². The summed E-state index contributed by atoms with van der Waals surface area (Å²) in [6.07, 6.45) is 2.34. The molecular weight excluding hydrogens is 370 g/mol. The summed E-state index contributed by atoms with van der Waals surface area (Å²) in [6, 6.07) is 11.3. The zero-order valence-electron chi connectivity index (χ0n) is 14.3. The first-order valence-corrected chi connectivity index (χ1v) is 9.37. The number of carbonyl (C=O) groups excluding carboxylic acids is 1. The van der Waals surface area contributed by atoms with E-state index >= 15 is 0 Å². The number of aromatic nitrogens is 1. The maximum Gasteiger partial charge on any atom is 0.207 e. The molecule has 1 aliphatic heterocycles. The van der Waals surface area contributed by atoms with Crippen molar-refractivity contribution in [2.24, 2.45) is 5.10 Å². The Labute approximate surface area is 159 Å². The zero-order chi connectivity index (χ0) is 18.3. The molecule has 7 heteroatoms. The minimum Gasteiger partial charge on any atom is -0.467 e. The van der Waals surface area contributed by atoms with Crippen LogP contribution in [0.3, 0.4) is 0 Å². The highest BCUT2D eigenvalue weighted by molar-refractivity contribution is 7.17. The van der Waals surface area contributed by atoms with Gasteiger partial charge in [0.15, 0.2) is 5.78 Å². The van der Waals surface area contributed by atoms with Gasteiger partial charge in [-0.2, -0.15) is 5.10 Å². The molecule has 0 aliphatic carbocycles. The fourth-order valence-corrected chi connectivity index (χ4v) is 4.10. The highest BCUT2D eigenvalue weighted by atomic mass is 35.5. The van der Waals surface area contributed by atoms with Gasteiger partial charge in [0.1, 0.15) is 11.8 Å². The van der Waals surface area contributed by atoms with Crippen molar-refractivity contribution < 1.29 is 9.21 Å². The van der Waals surface area contributed by atoms with Crippen molar-refractivity contribution >= 4 is 39.6 Å². The van der Waals surface area contributed by atoms with Gasteiger partial charge in [-0.1, -0.05) is 35.1 Å². The van der Waals surface area contributed by atoms with E-state index in [4.69, 9.17) is 21.1 Å². The van der Waals surface area contributed by atoms with Crippen molar-refractivity contribution in [3.63, 3.8) is 0 Å². The molecule has 0 amide bonds. The predicted molar refractivity (Wildman–Crippen MR) is 103 cm³/mol. The summed E-state index contributed by atoms with van der Waals surface area (Å²) in [5, 5.41) is 8.03. The molecule has 1 atom stereocenters. The van der Waals surface area contributed by atoms with Crippen LogP contribution in [0.1, 0.15) is 46.1 Å². The van der Waals surface area contributed by atoms with Crippen LogP contribution < -0.4 is 5.01 Å². The van der Waals surface area contributed by atoms with Gasteiger partial charge in [-0.25, -0.2) is 9.99 Å². The lowest BCUT2D eigenvalue weighted by Crippen LogP contribution is -2.17. The topological polar surface area (TPSA) is 58.7 Å². The average Bonchev–Trinajstić information content (AvgIpc) is 3.33. The molecule has 2 aromatic heterocycles. The van der Waals surface area contributed by atoms with Crippen molar-refractivity contribution in [3.8, 4) is 0 Å². The second-order valence-electron chi connectivity index (χ2n) is 6.10. The number of rotatable bonds is 4. The summed E-state index contributed by atoms with van der Waals surface area (Å²) in [5.41, 5.74) is 2.67. The molecule has 0 bridgehead atoms. The zero-order valence-corrected chi connectivity index (χ0v) is 15.8. The first kappa shape index (κ1) is 17.0. The number of hydrazone groups is 1. The van der Waals surface area contributed by atoms with Gasteiger partial charge in [0.05, 0.1) is 22.5 Å². The molecule has 4 rings (SSSR count). The molecule has 0 spiro atoms. The number of halogens is 1. The first-order valence-electron chi connectivity index (χ1n) is 8.17. The van der Waals surface area contributed by atoms with E-state index in [-0.39, 0.29) is 11.8 Å². The van der Waals surface area contributed by atoms with Crippen LogP contribution in [-0.2, 0) is 0 Å². The van der Waals surface area contributed by atoms with E-state index in [0.29, 0.717) is 21.5 Å². The van der Waals surface area contributed by atoms with Crippen LogP contribution in [0, 0.1) is 6.92 Å². The predicted octanol–water partition coefficient (Wildman–Crippen LogP) is 5.26. The molecule has 0 saturated carbocycles. The Bertz CT molecular complexity index is 977. The molecular formula is C19H16ClN3O2S. The summed E-state index contributed by atoms with van der Waals surface area (Å²) in [4.78, 5) is 17.0. The number of carbonyl (C=O) groups is 1. The molecule has 5 nitrogen and oxygen atoms in total. The third-order valence-corrected chi connectivity index (χ3v) is 5.76. The number of aryl methyl sites for hydroxylation is 1. The molecule has 26 heavy (non-hydrogen) atoms. The summed E-state index contributed by atoms with van der Waals surface area (Å²) in [6.45, 7) is 3.40. The van der Waals surface area contributed by atoms with Gasteiger partial charge in [0, 0.05) is 18.4 Å². The van der Waals surface area contributed by atoms with E-state index in [1.807, 2.05) is 48.3 Å². The number of furan rings is 1. The van der Waals surface area contributed by atoms with Crippen LogP contribution in [0.4, 0.5) is 5.13 Å². The van der Waals surface area contributed by atoms with Gasteiger partial charge in [-0.05, 0) is 36.8 Å². The summed E-state index contributed by atoms with van der Waals surface area (Å²) >= 11 is 7.36. The lowest BCUT2D eigenvalue weighted by atomic mass is 10.0. The molecule has 0 saturated heterocycles. The van der Waals surface area contributed by atoms with Crippen LogP contribution in [0.25, 0.3) is 0 Å². The first-order chi connectivity index (χ1) is 12.5. The Morgan fingerprint density at radius 1 is 1.31 bits per heavy atom. The quantitative estimate of drug-likeness (QED) is 0.575. The fourth-order valence-electron chi connectivity index (χ4n) is 3.01. The smallest absolute Gasteiger partial charge is 0.207 e. The minimum absolute atomic E-state index is 0.0156. The molecule has 0 unspecified atom stereocenters. The number of hydrogen-bond acceptors (Lipinski definition) is 6. The number of nitrogens with zero attached hydrogens (tertiary/aromatic N) is 3. The van der Waals surface area contributed by atoms with Crippen LogP contribution in [0.5, 0.6) is 0 Å². The van der Waals surface area contributed by atoms with Gasteiger partial charge in [0.2, 0.25) is 5.13 Å². The minimum atomic E-state index is -0.0963. The van der Waals surface area contributed by atoms with Gasteiger partial charge < -0.3 is 4.42 Å². The Hall–Kier alpha value is -2.44. The normalized spacial score (nSPS) is 16.8. The number of anilines is 1. The van der Waals surface area contributed by atoms with Crippen LogP contribution in [0.15, 0.2) is 52.2 Å². The largest absolute Gasteiger partial charge is 0.467 e. The van der Waals surface area contributed by atoms with Crippen molar-refractivity contribution in [2.75, 3.05) is 5.01 Å².